The SMILES string of the molecule is CCCOc1cncc(C2(N)CCCC2(C)C)c1. The van der Waals surface area contributed by atoms with E-state index in [-0.39, 0.29) is 11.0 Å². The smallest absolute Gasteiger partial charge is 0.137 e. The molecule has 1 aliphatic carbocycles. The molecule has 3 nitrogen and oxygen atoms in total. The van der Waals surface area contributed by atoms with Crippen LogP contribution in [0, 0.1) is 5.41 Å². The van der Waals surface area contributed by atoms with Crippen molar-refractivity contribution >= 4 is 0 Å². The van der Waals surface area contributed by atoms with Crippen molar-refractivity contribution in [3.05, 3.63) is 24.0 Å². The summed E-state index contributed by atoms with van der Waals surface area (Å²) >= 11 is 0. The Hall–Kier alpha value is -1.09. The molecule has 0 amide bonds. The van der Waals surface area contributed by atoms with Crippen molar-refractivity contribution in [1.29, 1.82) is 0 Å². The molecule has 1 fully saturated rings. The molecule has 3 heteroatoms. The standard InChI is InChI=1S/C15H24N2O/c1-4-8-18-13-9-12(10-17-11-13)15(16)7-5-6-14(15,2)3/h9-11H,4-8,16H2,1-3H3. The topological polar surface area (TPSA) is 48.1 Å². The molecule has 0 aliphatic heterocycles. The van der Waals surface area contributed by atoms with Crippen LogP contribution >= 0.6 is 0 Å². The van der Waals surface area contributed by atoms with Gasteiger partial charge in [-0.05, 0) is 36.3 Å². The van der Waals surface area contributed by atoms with Gasteiger partial charge < -0.3 is 10.5 Å². The van der Waals surface area contributed by atoms with Gasteiger partial charge in [0, 0.05) is 11.7 Å². The minimum atomic E-state index is -0.272. The van der Waals surface area contributed by atoms with Crippen molar-refractivity contribution in [3.8, 4) is 5.75 Å². The Kier molecular flexibility index (Phi) is 3.62. The number of aromatic nitrogens is 1. The number of ether oxygens (including phenoxy) is 1. The summed E-state index contributed by atoms with van der Waals surface area (Å²) in [6.45, 7) is 7.33. The van der Waals surface area contributed by atoms with E-state index in [2.05, 4.69) is 31.8 Å². The summed E-state index contributed by atoms with van der Waals surface area (Å²) in [5.74, 6) is 0.835. The van der Waals surface area contributed by atoms with E-state index in [1.807, 2.05) is 6.20 Å². The second-order valence-electron chi connectivity index (χ2n) is 5.97. The Morgan fingerprint density at radius 3 is 2.72 bits per heavy atom. The minimum Gasteiger partial charge on any atom is -0.492 e. The lowest BCUT2D eigenvalue weighted by Crippen LogP contribution is -2.45. The Morgan fingerprint density at radius 2 is 2.11 bits per heavy atom. The van der Waals surface area contributed by atoms with Crippen LogP contribution < -0.4 is 10.5 Å². The Labute approximate surface area is 110 Å². The van der Waals surface area contributed by atoms with Crippen molar-refractivity contribution in [2.24, 2.45) is 11.1 Å². The highest BCUT2D eigenvalue weighted by Gasteiger charge is 2.47. The van der Waals surface area contributed by atoms with E-state index in [1.165, 1.54) is 12.8 Å². The maximum Gasteiger partial charge on any atom is 0.137 e. The molecule has 0 bridgehead atoms. The Morgan fingerprint density at radius 1 is 1.33 bits per heavy atom. The van der Waals surface area contributed by atoms with Gasteiger partial charge in [-0.25, -0.2) is 0 Å². The molecule has 1 saturated carbocycles. The highest BCUT2D eigenvalue weighted by atomic mass is 16.5. The van der Waals surface area contributed by atoms with Crippen LogP contribution in [0.15, 0.2) is 18.5 Å². The summed E-state index contributed by atoms with van der Waals surface area (Å²) in [7, 11) is 0. The molecule has 1 unspecified atom stereocenters. The molecule has 0 spiro atoms. The van der Waals surface area contributed by atoms with E-state index in [9.17, 15) is 0 Å². The van der Waals surface area contributed by atoms with Crippen LogP contribution in [0.25, 0.3) is 0 Å². The molecule has 0 aromatic carbocycles. The second kappa shape index (κ2) is 4.88. The van der Waals surface area contributed by atoms with E-state index in [1.54, 1.807) is 6.20 Å². The number of hydrogen-bond acceptors (Lipinski definition) is 3. The number of hydrogen-bond donors (Lipinski definition) is 1. The first-order valence-corrected chi connectivity index (χ1v) is 6.87. The van der Waals surface area contributed by atoms with Crippen molar-refractivity contribution in [1.82, 2.24) is 4.98 Å². The fourth-order valence-electron chi connectivity index (χ4n) is 2.87. The summed E-state index contributed by atoms with van der Waals surface area (Å²) in [4.78, 5) is 4.29. The number of nitrogens with two attached hydrogens (primary N) is 1. The van der Waals surface area contributed by atoms with Crippen molar-refractivity contribution in [2.75, 3.05) is 6.61 Å². The Balaban J connectivity index is 2.27. The molecular formula is C15H24N2O. The van der Waals surface area contributed by atoms with E-state index in [4.69, 9.17) is 10.5 Å². The molecule has 0 saturated heterocycles. The van der Waals surface area contributed by atoms with Gasteiger partial charge >= 0.3 is 0 Å². The normalized spacial score (nSPS) is 26.2. The molecule has 1 aliphatic rings. The Bertz CT molecular complexity index is 417. The molecule has 1 atom stereocenters. The zero-order valence-corrected chi connectivity index (χ0v) is 11.7. The molecule has 100 valence electrons. The van der Waals surface area contributed by atoms with Crippen LogP contribution in [-0.2, 0) is 5.54 Å². The monoisotopic (exact) mass is 248 g/mol. The molecular weight excluding hydrogens is 224 g/mol. The van der Waals surface area contributed by atoms with E-state index < -0.39 is 0 Å². The lowest BCUT2D eigenvalue weighted by atomic mass is 9.72. The van der Waals surface area contributed by atoms with Gasteiger partial charge in [0.25, 0.3) is 0 Å². The maximum atomic E-state index is 6.66. The van der Waals surface area contributed by atoms with Gasteiger partial charge in [0.15, 0.2) is 0 Å². The van der Waals surface area contributed by atoms with Crippen LogP contribution in [0.2, 0.25) is 0 Å². The summed E-state index contributed by atoms with van der Waals surface area (Å²) < 4.78 is 5.65. The lowest BCUT2D eigenvalue weighted by Gasteiger charge is -2.38. The van der Waals surface area contributed by atoms with Gasteiger partial charge in [0.2, 0.25) is 0 Å². The van der Waals surface area contributed by atoms with Gasteiger partial charge in [-0.3, -0.25) is 4.98 Å². The molecule has 1 aromatic rings. The van der Waals surface area contributed by atoms with Crippen molar-refractivity contribution < 1.29 is 4.74 Å². The third kappa shape index (κ3) is 2.24. The van der Waals surface area contributed by atoms with Crippen LogP contribution in [0.1, 0.15) is 52.0 Å². The predicted octanol–water partition coefficient (Wildman–Crippen LogP) is 3.23. The molecule has 1 heterocycles. The fourth-order valence-corrected chi connectivity index (χ4v) is 2.87. The zero-order chi connectivity index (χ0) is 13.2. The highest BCUT2D eigenvalue weighted by molar-refractivity contribution is 5.32. The lowest BCUT2D eigenvalue weighted by molar-refractivity contribution is 0.208. The first kappa shape index (κ1) is 13.3. The number of pyridine rings is 1. The summed E-state index contributed by atoms with van der Waals surface area (Å²) in [5, 5.41) is 0. The van der Waals surface area contributed by atoms with Crippen molar-refractivity contribution in [2.45, 2.75) is 52.0 Å². The summed E-state index contributed by atoms with van der Waals surface area (Å²) in [6, 6.07) is 2.07. The zero-order valence-electron chi connectivity index (χ0n) is 11.7. The predicted molar refractivity (Wildman–Crippen MR) is 73.5 cm³/mol. The quantitative estimate of drug-likeness (QED) is 0.890. The van der Waals surface area contributed by atoms with Crippen LogP contribution in [0.5, 0.6) is 5.75 Å². The third-order valence-corrected chi connectivity index (χ3v) is 4.28. The molecule has 18 heavy (non-hydrogen) atoms. The van der Waals surface area contributed by atoms with Crippen molar-refractivity contribution in [3.63, 3.8) is 0 Å². The second-order valence-corrected chi connectivity index (χ2v) is 5.97. The third-order valence-electron chi connectivity index (χ3n) is 4.28. The summed E-state index contributed by atoms with van der Waals surface area (Å²) in [5.41, 5.74) is 7.62. The van der Waals surface area contributed by atoms with E-state index in [0.717, 1.165) is 30.8 Å². The highest BCUT2D eigenvalue weighted by Crippen LogP contribution is 2.50. The van der Waals surface area contributed by atoms with Gasteiger partial charge in [-0.15, -0.1) is 0 Å². The van der Waals surface area contributed by atoms with Gasteiger partial charge in [-0.2, -0.15) is 0 Å². The molecule has 0 radical (unpaired) electrons. The molecule has 1 aromatic heterocycles. The molecule has 2 N–H and O–H groups in total. The first-order valence-electron chi connectivity index (χ1n) is 6.87. The largest absolute Gasteiger partial charge is 0.492 e. The average molecular weight is 248 g/mol. The summed E-state index contributed by atoms with van der Waals surface area (Å²) in [6.07, 6.45) is 8.05. The van der Waals surface area contributed by atoms with Crippen LogP contribution in [0.4, 0.5) is 0 Å². The fraction of sp³-hybridized carbons (Fsp3) is 0.667. The average Bonchev–Trinajstić information content (AvgIpc) is 2.63. The maximum absolute atomic E-state index is 6.66. The first-order chi connectivity index (χ1) is 8.49. The van der Waals surface area contributed by atoms with E-state index >= 15 is 0 Å². The minimum absolute atomic E-state index is 0.123. The van der Waals surface area contributed by atoms with Gasteiger partial charge in [0.05, 0.1) is 12.8 Å². The number of nitrogens with zero attached hydrogens (tertiary/aromatic N) is 1. The molecule has 2 rings (SSSR count). The van der Waals surface area contributed by atoms with Gasteiger partial charge in [-0.1, -0.05) is 27.2 Å². The number of rotatable bonds is 4. The van der Waals surface area contributed by atoms with Crippen LogP contribution in [0.3, 0.4) is 0 Å². The van der Waals surface area contributed by atoms with Gasteiger partial charge in [0.1, 0.15) is 5.75 Å². The van der Waals surface area contributed by atoms with Crippen LogP contribution in [-0.4, -0.2) is 11.6 Å². The van der Waals surface area contributed by atoms with E-state index in [0.29, 0.717) is 0 Å².